The zero-order valence-electron chi connectivity index (χ0n) is 9.05. The molecular formula is C11H13F3N2O. The first-order valence-corrected chi connectivity index (χ1v) is 5.02. The molecule has 0 fully saturated rings. The molecule has 6 heteroatoms. The molecular weight excluding hydrogens is 233 g/mol. The van der Waals surface area contributed by atoms with Crippen LogP contribution in [0.1, 0.15) is 17.5 Å². The van der Waals surface area contributed by atoms with Gasteiger partial charge >= 0.3 is 6.18 Å². The first kappa shape index (κ1) is 13.5. The van der Waals surface area contributed by atoms with E-state index in [4.69, 9.17) is 5.73 Å². The van der Waals surface area contributed by atoms with Crippen molar-refractivity contribution in [3.8, 4) is 0 Å². The van der Waals surface area contributed by atoms with E-state index in [1.54, 1.807) is 24.3 Å². The molecule has 17 heavy (non-hydrogen) atoms. The number of amides is 1. The van der Waals surface area contributed by atoms with Gasteiger partial charge in [-0.25, -0.2) is 0 Å². The Kier molecular flexibility index (Phi) is 4.51. The normalized spacial score (nSPS) is 11.3. The van der Waals surface area contributed by atoms with Gasteiger partial charge in [-0.3, -0.25) is 4.79 Å². The Balaban J connectivity index is 2.47. The summed E-state index contributed by atoms with van der Waals surface area (Å²) in [5, 5.41) is 2.21. The van der Waals surface area contributed by atoms with E-state index in [-0.39, 0.29) is 6.54 Å². The predicted octanol–water partition coefficient (Wildman–Crippen LogP) is 1.71. The maximum atomic E-state index is 11.9. The number of hydrogen-bond acceptors (Lipinski definition) is 2. The maximum absolute atomic E-state index is 11.9. The summed E-state index contributed by atoms with van der Waals surface area (Å²) in [7, 11) is 0. The molecule has 1 rings (SSSR count). The molecule has 0 unspecified atom stereocenters. The first-order chi connectivity index (χ1) is 7.90. The third kappa shape index (κ3) is 5.35. The molecule has 0 radical (unpaired) electrons. The van der Waals surface area contributed by atoms with Gasteiger partial charge in [0.25, 0.3) is 0 Å². The fourth-order valence-electron chi connectivity index (χ4n) is 1.31. The molecule has 0 saturated heterocycles. The monoisotopic (exact) mass is 246 g/mol. The zero-order valence-corrected chi connectivity index (χ0v) is 9.05. The minimum atomic E-state index is -4.47. The Morgan fingerprint density at radius 3 is 2.53 bits per heavy atom. The van der Waals surface area contributed by atoms with Gasteiger partial charge in [0.1, 0.15) is 6.42 Å². The lowest BCUT2D eigenvalue weighted by molar-refractivity contribution is -0.153. The highest BCUT2D eigenvalue weighted by Gasteiger charge is 2.30. The van der Waals surface area contributed by atoms with Crippen molar-refractivity contribution in [2.45, 2.75) is 25.7 Å². The fraction of sp³-hybridized carbons (Fsp3) is 0.364. The summed E-state index contributed by atoms with van der Waals surface area (Å²) in [6, 6.07) is 7.01. The standard InChI is InChI=1S/C11H13F3N2O/c12-11(13,14)5-10(17)16-7-9-3-1-2-8(4-9)6-15/h1-4H,5-7,15H2,(H,16,17). The Hall–Kier alpha value is -1.56. The molecule has 0 saturated carbocycles. The maximum Gasteiger partial charge on any atom is 0.397 e. The molecule has 0 heterocycles. The summed E-state index contributed by atoms with van der Waals surface area (Å²) < 4.78 is 35.6. The number of nitrogens with two attached hydrogens (primary N) is 1. The fourth-order valence-corrected chi connectivity index (χ4v) is 1.31. The average Bonchev–Trinajstić information content (AvgIpc) is 2.24. The molecule has 1 aromatic carbocycles. The topological polar surface area (TPSA) is 55.1 Å². The molecule has 1 aromatic rings. The van der Waals surface area contributed by atoms with Crippen molar-refractivity contribution in [3.05, 3.63) is 35.4 Å². The van der Waals surface area contributed by atoms with E-state index in [1.165, 1.54) is 0 Å². The predicted molar refractivity (Wildman–Crippen MR) is 56.9 cm³/mol. The van der Waals surface area contributed by atoms with E-state index in [0.717, 1.165) is 11.1 Å². The van der Waals surface area contributed by atoms with E-state index < -0.39 is 18.5 Å². The van der Waals surface area contributed by atoms with E-state index >= 15 is 0 Å². The minimum absolute atomic E-state index is 0.0722. The second kappa shape index (κ2) is 5.67. The minimum Gasteiger partial charge on any atom is -0.352 e. The quantitative estimate of drug-likeness (QED) is 0.849. The molecule has 0 aromatic heterocycles. The lowest BCUT2D eigenvalue weighted by atomic mass is 10.1. The Morgan fingerprint density at radius 1 is 1.29 bits per heavy atom. The van der Waals surface area contributed by atoms with Crippen LogP contribution in [0.2, 0.25) is 0 Å². The van der Waals surface area contributed by atoms with E-state index in [2.05, 4.69) is 5.32 Å². The van der Waals surface area contributed by atoms with Crippen LogP contribution in [0, 0.1) is 0 Å². The van der Waals surface area contributed by atoms with Gasteiger partial charge in [-0.15, -0.1) is 0 Å². The van der Waals surface area contributed by atoms with Gasteiger partial charge in [-0.2, -0.15) is 13.2 Å². The second-order valence-corrected chi connectivity index (χ2v) is 3.59. The van der Waals surface area contributed by atoms with Gasteiger partial charge in [-0.05, 0) is 11.1 Å². The number of hydrogen-bond donors (Lipinski definition) is 2. The van der Waals surface area contributed by atoms with Gasteiger partial charge in [0.15, 0.2) is 0 Å². The summed E-state index contributed by atoms with van der Waals surface area (Å²) in [5.74, 6) is -1.03. The smallest absolute Gasteiger partial charge is 0.352 e. The number of rotatable bonds is 4. The van der Waals surface area contributed by atoms with Crippen LogP contribution in [0.3, 0.4) is 0 Å². The van der Waals surface area contributed by atoms with Crippen LogP contribution in [0.5, 0.6) is 0 Å². The van der Waals surface area contributed by atoms with Crippen LogP contribution in [0.15, 0.2) is 24.3 Å². The van der Waals surface area contributed by atoms with Crippen molar-refractivity contribution >= 4 is 5.91 Å². The summed E-state index contributed by atoms with van der Waals surface area (Å²) in [6.07, 6.45) is -5.92. The van der Waals surface area contributed by atoms with Crippen LogP contribution < -0.4 is 11.1 Å². The highest BCUT2D eigenvalue weighted by atomic mass is 19.4. The number of carbonyl (C=O) groups excluding carboxylic acids is 1. The van der Waals surface area contributed by atoms with Crippen molar-refractivity contribution in [3.63, 3.8) is 0 Å². The lowest BCUT2D eigenvalue weighted by Gasteiger charge is -2.08. The zero-order chi connectivity index (χ0) is 12.9. The molecule has 0 spiro atoms. The lowest BCUT2D eigenvalue weighted by Crippen LogP contribution is -2.28. The largest absolute Gasteiger partial charge is 0.397 e. The number of alkyl halides is 3. The van der Waals surface area contributed by atoms with E-state index in [0.29, 0.717) is 6.54 Å². The molecule has 3 nitrogen and oxygen atoms in total. The Morgan fingerprint density at radius 2 is 1.94 bits per heavy atom. The van der Waals surface area contributed by atoms with Crippen LogP contribution in [0.4, 0.5) is 13.2 Å². The summed E-state index contributed by atoms with van der Waals surface area (Å²) >= 11 is 0. The van der Waals surface area contributed by atoms with Crippen molar-refractivity contribution in [2.24, 2.45) is 5.73 Å². The van der Waals surface area contributed by atoms with E-state index in [1.807, 2.05) is 0 Å². The molecule has 0 aliphatic heterocycles. The van der Waals surface area contributed by atoms with Gasteiger partial charge in [0, 0.05) is 13.1 Å². The molecule has 0 atom stereocenters. The molecule has 1 amide bonds. The van der Waals surface area contributed by atoms with Crippen LogP contribution in [-0.2, 0) is 17.9 Å². The van der Waals surface area contributed by atoms with Crippen LogP contribution >= 0.6 is 0 Å². The average molecular weight is 246 g/mol. The van der Waals surface area contributed by atoms with Crippen LogP contribution in [-0.4, -0.2) is 12.1 Å². The third-order valence-corrected chi connectivity index (χ3v) is 2.08. The van der Waals surface area contributed by atoms with Crippen molar-refractivity contribution in [1.29, 1.82) is 0 Å². The highest BCUT2D eigenvalue weighted by molar-refractivity contribution is 5.76. The van der Waals surface area contributed by atoms with Crippen molar-refractivity contribution in [1.82, 2.24) is 5.32 Å². The van der Waals surface area contributed by atoms with Crippen molar-refractivity contribution in [2.75, 3.05) is 0 Å². The number of nitrogens with one attached hydrogen (secondary N) is 1. The van der Waals surface area contributed by atoms with Crippen molar-refractivity contribution < 1.29 is 18.0 Å². The second-order valence-electron chi connectivity index (χ2n) is 3.59. The van der Waals surface area contributed by atoms with Gasteiger partial charge in [0.2, 0.25) is 5.91 Å². The molecule has 0 aliphatic carbocycles. The van der Waals surface area contributed by atoms with Gasteiger partial charge < -0.3 is 11.1 Å². The molecule has 0 bridgehead atoms. The highest BCUT2D eigenvalue weighted by Crippen LogP contribution is 2.18. The molecule has 3 N–H and O–H groups in total. The number of benzene rings is 1. The molecule has 94 valence electrons. The Bertz CT molecular complexity index is 391. The Labute approximate surface area is 96.8 Å². The van der Waals surface area contributed by atoms with Gasteiger partial charge in [0.05, 0.1) is 0 Å². The SMILES string of the molecule is NCc1cccc(CNC(=O)CC(F)(F)F)c1. The summed E-state index contributed by atoms with van der Waals surface area (Å²) in [4.78, 5) is 10.9. The van der Waals surface area contributed by atoms with Gasteiger partial charge in [-0.1, -0.05) is 24.3 Å². The summed E-state index contributed by atoms with van der Waals surface area (Å²) in [5.41, 5.74) is 7.02. The molecule has 0 aliphatic rings. The third-order valence-electron chi connectivity index (χ3n) is 2.08. The van der Waals surface area contributed by atoms with E-state index in [9.17, 15) is 18.0 Å². The van der Waals surface area contributed by atoms with Crippen LogP contribution in [0.25, 0.3) is 0 Å². The summed E-state index contributed by atoms with van der Waals surface area (Å²) in [6.45, 7) is 0.424. The first-order valence-electron chi connectivity index (χ1n) is 5.02. The number of carbonyl (C=O) groups is 1. The number of halogens is 3.